The van der Waals surface area contributed by atoms with E-state index in [1.54, 1.807) is 23.6 Å². The minimum atomic E-state index is -3.83. The van der Waals surface area contributed by atoms with Crippen LogP contribution >= 0.6 is 11.3 Å². The molecule has 1 aliphatic heterocycles. The number of nitrogens with zero attached hydrogens (tertiary/aromatic N) is 1. The number of carbonyl (C=O) groups excluding carboxylic acids is 1. The molecule has 0 fully saturated rings. The van der Waals surface area contributed by atoms with E-state index in [-0.39, 0.29) is 9.77 Å². The van der Waals surface area contributed by atoms with Crippen molar-refractivity contribution in [1.82, 2.24) is 4.31 Å². The van der Waals surface area contributed by atoms with Crippen molar-refractivity contribution in [3.63, 3.8) is 0 Å². The van der Waals surface area contributed by atoms with Crippen LogP contribution in [-0.4, -0.2) is 39.4 Å². The molecular formula is C22H22N2O5S2. The predicted molar refractivity (Wildman–Crippen MR) is 120 cm³/mol. The molecule has 7 nitrogen and oxygen atoms in total. The second-order valence-electron chi connectivity index (χ2n) is 6.99. The van der Waals surface area contributed by atoms with Crippen molar-refractivity contribution >= 4 is 33.0 Å². The van der Waals surface area contributed by atoms with Gasteiger partial charge in [-0.15, -0.1) is 11.3 Å². The summed E-state index contributed by atoms with van der Waals surface area (Å²) in [6.45, 7) is 0.666. The number of thiophene rings is 1. The molecule has 3 aromatic rings. The van der Waals surface area contributed by atoms with Gasteiger partial charge in [0.1, 0.15) is 21.3 Å². The Labute approximate surface area is 185 Å². The van der Waals surface area contributed by atoms with E-state index in [4.69, 9.17) is 9.47 Å². The van der Waals surface area contributed by atoms with E-state index in [9.17, 15) is 13.2 Å². The summed E-state index contributed by atoms with van der Waals surface area (Å²) in [6, 6.07) is 14.3. The van der Waals surface area contributed by atoms with Crippen molar-refractivity contribution in [2.75, 3.05) is 26.1 Å². The normalized spacial score (nSPS) is 14.0. The number of methoxy groups -OCH3 is 2. The molecule has 1 N–H and O–H groups in total. The van der Waals surface area contributed by atoms with Gasteiger partial charge in [-0.05, 0) is 41.1 Å². The fraction of sp³-hybridized carbons (Fsp3) is 0.227. The number of anilines is 1. The fourth-order valence-electron chi connectivity index (χ4n) is 3.57. The number of ether oxygens (including phenoxy) is 2. The van der Waals surface area contributed by atoms with Crippen LogP contribution in [-0.2, 0) is 23.0 Å². The van der Waals surface area contributed by atoms with Gasteiger partial charge in [-0.2, -0.15) is 4.31 Å². The summed E-state index contributed by atoms with van der Waals surface area (Å²) in [6.07, 6.45) is 0.641. The van der Waals surface area contributed by atoms with Gasteiger partial charge in [0.05, 0.1) is 19.9 Å². The lowest BCUT2D eigenvalue weighted by atomic mass is 10.0. The molecule has 0 radical (unpaired) electrons. The second-order valence-corrected chi connectivity index (χ2v) is 9.81. The van der Waals surface area contributed by atoms with Gasteiger partial charge in [-0.1, -0.05) is 24.3 Å². The van der Waals surface area contributed by atoms with Crippen LogP contribution < -0.4 is 14.8 Å². The van der Waals surface area contributed by atoms with Gasteiger partial charge in [-0.25, -0.2) is 8.42 Å². The zero-order chi connectivity index (χ0) is 22.0. The number of fused-ring (bicyclic) bond motifs is 1. The predicted octanol–water partition coefficient (Wildman–Crippen LogP) is 3.76. The van der Waals surface area contributed by atoms with Crippen molar-refractivity contribution < 1.29 is 22.7 Å². The van der Waals surface area contributed by atoms with E-state index in [2.05, 4.69) is 5.32 Å². The molecule has 31 heavy (non-hydrogen) atoms. The van der Waals surface area contributed by atoms with Crippen LogP contribution in [0.2, 0.25) is 0 Å². The van der Waals surface area contributed by atoms with Crippen LogP contribution in [0, 0.1) is 0 Å². The number of benzene rings is 2. The number of amides is 1. The Morgan fingerprint density at radius 1 is 1.06 bits per heavy atom. The average Bonchev–Trinajstić information content (AvgIpc) is 3.30. The van der Waals surface area contributed by atoms with Crippen molar-refractivity contribution in [2.24, 2.45) is 0 Å². The van der Waals surface area contributed by atoms with Gasteiger partial charge in [0, 0.05) is 19.2 Å². The van der Waals surface area contributed by atoms with Gasteiger partial charge < -0.3 is 14.8 Å². The van der Waals surface area contributed by atoms with Gasteiger partial charge in [-0.3, -0.25) is 4.79 Å². The van der Waals surface area contributed by atoms with E-state index in [0.29, 0.717) is 36.7 Å². The fourth-order valence-corrected chi connectivity index (χ4v) is 6.29. The highest BCUT2D eigenvalue weighted by Crippen LogP contribution is 2.32. The Morgan fingerprint density at radius 3 is 2.58 bits per heavy atom. The molecule has 0 bridgehead atoms. The quantitative estimate of drug-likeness (QED) is 0.608. The number of rotatable bonds is 6. The maximum atomic E-state index is 13.4. The van der Waals surface area contributed by atoms with E-state index >= 15 is 0 Å². The third-order valence-corrected chi connectivity index (χ3v) is 8.13. The summed E-state index contributed by atoms with van der Waals surface area (Å²) in [4.78, 5) is 13.2. The first-order valence-corrected chi connectivity index (χ1v) is 11.9. The van der Waals surface area contributed by atoms with Gasteiger partial charge in [0.2, 0.25) is 10.0 Å². The first-order chi connectivity index (χ1) is 14.9. The zero-order valence-electron chi connectivity index (χ0n) is 17.1. The lowest BCUT2D eigenvalue weighted by Crippen LogP contribution is -2.36. The molecule has 1 aliphatic rings. The maximum absolute atomic E-state index is 13.4. The number of nitrogens with one attached hydrogen (secondary N) is 1. The summed E-state index contributed by atoms with van der Waals surface area (Å²) < 4.78 is 38.7. The van der Waals surface area contributed by atoms with E-state index in [1.807, 2.05) is 24.3 Å². The molecule has 1 amide bonds. The molecule has 2 aromatic carbocycles. The third-order valence-electron chi connectivity index (χ3n) is 5.20. The average molecular weight is 459 g/mol. The second kappa shape index (κ2) is 8.70. The van der Waals surface area contributed by atoms with Crippen molar-refractivity contribution in [1.29, 1.82) is 0 Å². The highest BCUT2D eigenvalue weighted by Gasteiger charge is 2.32. The van der Waals surface area contributed by atoms with Gasteiger partial charge in [0.15, 0.2) is 0 Å². The van der Waals surface area contributed by atoms with Crippen LogP contribution in [0.15, 0.2) is 58.8 Å². The molecule has 2 heterocycles. The van der Waals surface area contributed by atoms with Crippen LogP contribution in [0.25, 0.3) is 0 Å². The largest absolute Gasteiger partial charge is 0.497 e. The maximum Gasteiger partial charge on any atom is 0.267 e. The standard InChI is InChI=1S/C22H22N2O5S2/c1-28-17-7-8-19(29-2)18(13-17)23-22(25)21-20(10-12-30-21)31(26,27)24-11-9-15-5-3-4-6-16(15)14-24/h3-8,10,12-13H,9,11,14H2,1-2H3,(H,23,25). The Kier molecular flexibility index (Phi) is 5.99. The molecular weight excluding hydrogens is 436 g/mol. The molecule has 0 saturated heterocycles. The summed E-state index contributed by atoms with van der Waals surface area (Å²) in [5.41, 5.74) is 2.54. The molecule has 0 saturated carbocycles. The Balaban J connectivity index is 1.61. The summed E-state index contributed by atoms with van der Waals surface area (Å²) in [5, 5.41) is 4.37. The minimum absolute atomic E-state index is 0.0104. The zero-order valence-corrected chi connectivity index (χ0v) is 18.8. The lowest BCUT2D eigenvalue weighted by molar-refractivity contribution is 0.102. The van der Waals surface area contributed by atoms with E-state index in [1.165, 1.54) is 24.6 Å². The van der Waals surface area contributed by atoms with Crippen LogP contribution in [0.4, 0.5) is 5.69 Å². The summed E-state index contributed by atoms with van der Waals surface area (Å²) >= 11 is 1.09. The minimum Gasteiger partial charge on any atom is -0.497 e. The van der Waals surface area contributed by atoms with Crippen molar-refractivity contribution in [2.45, 2.75) is 17.9 Å². The molecule has 0 unspecified atom stereocenters. The van der Waals surface area contributed by atoms with Crippen LogP contribution in [0.3, 0.4) is 0 Å². The Morgan fingerprint density at radius 2 is 1.84 bits per heavy atom. The molecule has 162 valence electrons. The summed E-state index contributed by atoms with van der Waals surface area (Å²) in [5.74, 6) is 0.474. The Hall–Kier alpha value is -2.88. The highest BCUT2D eigenvalue weighted by atomic mass is 32.2. The van der Waals surface area contributed by atoms with Crippen molar-refractivity contribution in [3.05, 3.63) is 69.9 Å². The first-order valence-electron chi connectivity index (χ1n) is 9.62. The molecule has 4 rings (SSSR count). The van der Waals surface area contributed by atoms with Gasteiger partial charge in [0.25, 0.3) is 5.91 Å². The number of hydrogen-bond acceptors (Lipinski definition) is 6. The van der Waals surface area contributed by atoms with Crippen molar-refractivity contribution in [3.8, 4) is 11.5 Å². The highest BCUT2D eigenvalue weighted by molar-refractivity contribution is 7.89. The molecule has 0 atom stereocenters. The lowest BCUT2D eigenvalue weighted by Gasteiger charge is -2.28. The molecule has 9 heteroatoms. The SMILES string of the molecule is COc1ccc(OC)c(NC(=O)c2sccc2S(=O)(=O)N2CCc3ccccc3C2)c1. The molecule has 0 aliphatic carbocycles. The smallest absolute Gasteiger partial charge is 0.267 e. The van der Waals surface area contributed by atoms with Crippen LogP contribution in [0.1, 0.15) is 20.8 Å². The molecule has 1 aromatic heterocycles. The third kappa shape index (κ3) is 4.16. The Bertz CT molecular complexity index is 1220. The monoisotopic (exact) mass is 458 g/mol. The topological polar surface area (TPSA) is 84.9 Å². The van der Waals surface area contributed by atoms with E-state index in [0.717, 1.165) is 22.5 Å². The number of hydrogen-bond donors (Lipinski definition) is 1. The number of carbonyl (C=O) groups is 1. The first kappa shape index (κ1) is 21.4. The van der Waals surface area contributed by atoms with Crippen LogP contribution in [0.5, 0.6) is 11.5 Å². The van der Waals surface area contributed by atoms with Gasteiger partial charge >= 0.3 is 0 Å². The molecule has 0 spiro atoms. The number of sulfonamides is 1. The summed E-state index contributed by atoms with van der Waals surface area (Å²) in [7, 11) is -0.816. The van der Waals surface area contributed by atoms with E-state index < -0.39 is 15.9 Å².